The van der Waals surface area contributed by atoms with Crippen molar-refractivity contribution in [2.45, 2.75) is 6.92 Å². The number of fused-ring (bicyclic) bond motifs is 1. The van der Waals surface area contributed by atoms with Gasteiger partial charge in [-0.15, -0.1) is 0 Å². The summed E-state index contributed by atoms with van der Waals surface area (Å²) in [7, 11) is 0. The third-order valence-electron chi connectivity index (χ3n) is 2.33. The number of phenolic OH excluding ortho intramolecular Hbond substituents is 1. The van der Waals surface area contributed by atoms with E-state index in [4.69, 9.17) is 4.42 Å². The standard InChI is InChI=1S/C10H6BrNO5/c1-4-2-7(13)17-10-5(4)3-6(12(15)16)9(14)8(10)11/h2-3,14H,1H3. The van der Waals surface area contributed by atoms with Crippen molar-refractivity contribution in [1.82, 2.24) is 0 Å². The molecule has 1 N–H and O–H groups in total. The number of hydrogen-bond acceptors (Lipinski definition) is 5. The maximum absolute atomic E-state index is 11.2. The minimum absolute atomic E-state index is 0.00231. The second kappa shape index (κ2) is 3.85. The number of hydrogen-bond donors (Lipinski definition) is 1. The number of aryl methyl sites for hydroxylation is 1. The molecule has 1 heterocycles. The lowest BCUT2D eigenvalue weighted by atomic mass is 10.1. The van der Waals surface area contributed by atoms with Crippen LogP contribution in [0.5, 0.6) is 5.75 Å². The fourth-order valence-electron chi connectivity index (χ4n) is 1.53. The number of phenols is 1. The molecule has 6 nitrogen and oxygen atoms in total. The summed E-state index contributed by atoms with van der Waals surface area (Å²) in [5.74, 6) is -0.559. The molecule has 0 amide bonds. The Morgan fingerprint density at radius 3 is 2.71 bits per heavy atom. The second-order valence-corrected chi connectivity index (χ2v) is 4.23. The number of nitro groups is 1. The van der Waals surface area contributed by atoms with Gasteiger partial charge in [-0.05, 0) is 28.4 Å². The molecule has 17 heavy (non-hydrogen) atoms. The molecular weight excluding hydrogens is 294 g/mol. The molecule has 0 aliphatic heterocycles. The van der Waals surface area contributed by atoms with Crippen LogP contribution in [0.25, 0.3) is 11.0 Å². The van der Waals surface area contributed by atoms with Crippen LogP contribution in [0, 0.1) is 17.0 Å². The van der Waals surface area contributed by atoms with E-state index in [0.29, 0.717) is 10.9 Å². The van der Waals surface area contributed by atoms with E-state index in [9.17, 15) is 20.0 Å². The summed E-state index contributed by atoms with van der Waals surface area (Å²) in [4.78, 5) is 21.2. The maximum Gasteiger partial charge on any atom is 0.336 e. The van der Waals surface area contributed by atoms with Crippen LogP contribution in [0.15, 0.2) is 25.8 Å². The molecule has 0 spiro atoms. The summed E-state index contributed by atoms with van der Waals surface area (Å²) >= 11 is 2.98. The van der Waals surface area contributed by atoms with Gasteiger partial charge in [0.25, 0.3) is 0 Å². The number of rotatable bonds is 1. The fourth-order valence-corrected chi connectivity index (χ4v) is 2.02. The van der Waals surface area contributed by atoms with Crippen LogP contribution >= 0.6 is 15.9 Å². The Morgan fingerprint density at radius 2 is 2.12 bits per heavy atom. The average molecular weight is 300 g/mol. The summed E-state index contributed by atoms with van der Waals surface area (Å²) in [6.45, 7) is 1.63. The Kier molecular flexibility index (Phi) is 2.62. The minimum Gasteiger partial charge on any atom is -0.501 e. The topological polar surface area (TPSA) is 93.6 Å². The van der Waals surface area contributed by atoms with Gasteiger partial charge in [-0.3, -0.25) is 10.1 Å². The van der Waals surface area contributed by atoms with Crippen molar-refractivity contribution in [3.63, 3.8) is 0 Å². The lowest BCUT2D eigenvalue weighted by Crippen LogP contribution is -1.99. The number of nitro benzene ring substituents is 1. The molecule has 0 saturated heterocycles. The molecule has 88 valence electrons. The van der Waals surface area contributed by atoms with Crippen molar-refractivity contribution < 1.29 is 14.4 Å². The number of benzene rings is 1. The van der Waals surface area contributed by atoms with Gasteiger partial charge in [0.15, 0.2) is 5.58 Å². The molecule has 0 aliphatic carbocycles. The summed E-state index contributed by atoms with van der Waals surface area (Å²) in [6, 6.07) is 2.41. The van der Waals surface area contributed by atoms with Gasteiger partial charge >= 0.3 is 11.3 Å². The van der Waals surface area contributed by atoms with Gasteiger partial charge in [-0.2, -0.15) is 0 Å². The highest BCUT2D eigenvalue weighted by molar-refractivity contribution is 9.10. The smallest absolute Gasteiger partial charge is 0.336 e. The SMILES string of the molecule is Cc1cc(=O)oc2c(Br)c(O)c([N+](=O)[O-])cc12. The number of aromatic hydroxyl groups is 1. The van der Waals surface area contributed by atoms with Crippen LogP contribution in [-0.2, 0) is 0 Å². The quantitative estimate of drug-likeness (QED) is 0.496. The van der Waals surface area contributed by atoms with Crippen molar-refractivity contribution in [1.29, 1.82) is 0 Å². The van der Waals surface area contributed by atoms with Crippen LogP contribution in [0.4, 0.5) is 5.69 Å². The highest BCUT2D eigenvalue weighted by Gasteiger charge is 2.21. The van der Waals surface area contributed by atoms with Gasteiger partial charge in [0.1, 0.15) is 4.47 Å². The first-order valence-electron chi connectivity index (χ1n) is 4.52. The molecule has 7 heteroatoms. The molecule has 0 saturated carbocycles. The van der Waals surface area contributed by atoms with Crippen molar-refractivity contribution >= 4 is 32.6 Å². The molecule has 2 aromatic rings. The molecule has 0 unspecified atom stereocenters. The molecule has 0 aliphatic rings. The summed E-state index contributed by atoms with van der Waals surface area (Å²) < 4.78 is 4.91. The minimum atomic E-state index is -0.704. The molecule has 0 bridgehead atoms. The first kappa shape index (κ1) is 11.6. The van der Waals surface area contributed by atoms with Gasteiger partial charge in [0.2, 0.25) is 5.75 Å². The van der Waals surface area contributed by atoms with Crippen molar-refractivity contribution in [2.24, 2.45) is 0 Å². The summed E-state index contributed by atoms with van der Waals surface area (Å²) in [6.07, 6.45) is 0. The van der Waals surface area contributed by atoms with Gasteiger partial charge in [0.05, 0.1) is 4.92 Å². The summed E-state index contributed by atoms with van der Waals surface area (Å²) in [5, 5.41) is 20.7. The Bertz CT molecular complexity index is 691. The van der Waals surface area contributed by atoms with Gasteiger partial charge in [-0.1, -0.05) is 0 Å². The van der Waals surface area contributed by atoms with Crippen LogP contribution in [0.1, 0.15) is 5.56 Å². The highest BCUT2D eigenvalue weighted by Crippen LogP contribution is 2.40. The first-order valence-corrected chi connectivity index (χ1v) is 5.31. The second-order valence-electron chi connectivity index (χ2n) is 3.44. The Balaban J connectivity index is 3.01. The summed E-state index contributed by atoms with van der Waals surface area (Å²) in [5.41, 5.74) is -0.386. The first-order chi connectivity index (χ1) is 7.91. The molecule has 1 aromatic heterocycles. The average Bonchev–Trinajstić information content (AvgIpc) is 2.23. The van der Waals surface area contributed by atoms with Crippen molar-refractivity contribution in [3.05, 3.63) is 42.7 Å². The third kappa shape index (κ3) is 1.78. The fraction of sp³-hybridized carbons (Fsp3) is 0.100. The van der Waals surface area contributed by atoms with Crippen LogP contribution in [0.3, 0.4) is 0 Å². The largest absolute Gasteiger partial charge is 0.501 e. The predicted molar refractivity (Wildman–Crippen MR) is 63.2 cm³/mol. The van der Waals surface area contributed by atoms with Gasteiger partial charge in [-0.25, -0.2) is 4.79 Å². The maximum atomic E-state index is 11.2. The van der Waals surface area contributed by atoms with Crippen molar-refractivity contribution in [3.8, 4) is 5.75 Å². The van der Waals surface area contributed by atoms with E-state index < -0.39 is 22.0 Å². The highest BCUT2D eigenvalue weighted by atomic mass is 79.9. The Morgan fingerprint density at radius 1 is 1.47 bits per heavy atom. The zero-order chi connectivity index (χ0) is 12.7. The zero-order valence-corrected chi connectivity index (χ0v) is 10.1. The Hall–Kier alpha value is -1.89. The van der Waals surface area contributed by atoms with E-state index in [1.165, 1.54) is 12.1 Å². The van der Waals surface area contributed by atoms with Crippen LogP contribution in [-0.4, -0.2) is 10.0 Å². The number of halogens is 1. The normalized spacial score (nSPS) is 10.7. The van der Waals surface area contributed by atoms with E-state index in [1.807, 2.05) is 0 Å². The Labute approximate surface area is 103 Å². The van der Waals surface area contributed by atoms with E-state index in [-0.39, 0.29) is 10.1 Å². The van der Waals surface area contributed by atoms with Crippen LogP contribution < -0.4 is 5.63 Å². The molecule has 0 fully saturated rings. The zero-order valence-electron chi connectivity index (χ0n) is 8.56. The molecule has 1 aromatic carbocycles. The molecule has 2 rings (SSSR count). The van der Waals surface area contributed by atoms with Crippen LogP contribution in [0.2, 0.25) is 0 Å². The third-order valence-corrected chi connectivity index (χ3v) is 3.07. The number of nitrogens with zero attached hydrogens (tertiary/aromatic N) is 1. The van der Waals surface area contributed by atoms with Crippen molar-refractivity contribution in [2.75, 3.05) is 0 Å². The van der Waals surface area contributed by atoms with E-state index >= 15 is 0 Å². The lowest BCUT2D eigenvalue weighted by molar-refractivity contribution is -0.385. The molecule has 0 radical (unpaired) electrons. The van der Waals surface area contributed by atoms with E-state index in [0.717, 1.165) is 0 Å². The monoisotopic (exact) mass is 299 g/mol. The van der Waals surface area contributed by atoms with E-state index in [1.54, 1.807) is 6.92 Å². The molecule has 0 atom stereocenters. The van der Waals surface area contributed by atoms with E-state index in [2.05, 4.69) is 15.9 Å². The van der Waals surface area contributed by atoms with Gasteiger partial charge < -0.3 is 9.52 Å². The molecular formula is C10H6BrNO5. The lowest BCUT2D eigenvalue weighted by Gasteiger charge is -2.04. The van der Waals surface area contributed by atoms with Gasteiger partial charge in [0, 0.05) is 17.5 Å². The predicted octanol–water partition coefficient (Wildman–Crippen LogP) is 2.48.